The van der Waals surface area contributed by atoms with Crippen molar-refractivity contribution in [2.45, 2.75) is 25.3 Å². The summed E-state index contributed by atoms with van der Waals surface area (Å²) in [5, 5.41) is 10.8. The fourth-order valence-corrected chi connectivity index (χ4v) is 1.28. The van der Waals surface area contributed by atoms with E-state index in [1.54, 1.807) is 12.3 Å². The Hall–Kier alpha value is -1.30. The van der Waals surface area contributed by atoms with Gasteiger partial charge in [-0.2, -0.15) is 0 Å². The number of thioether (sulfide) groups is 1. The second-order valence-corrected chi connectivity index (χ2v) is 3.93. The molecule has 0 aliphatic carbocycles. The molecule has 5 nitrogen and oxygen atoms in total. The number of amides is 1. The average Bonchev–Trinajstić information content (AvgIpc) is 2.24. The van der Waals surface area contributed by atoms with Crippen molar-refractivity contribution in [3.8, 4) is 0 Å². The molecule has 1 amide bonds. The van der Waals surface area contributed by atoms with Gasteiger partial charge in [0.25, 0.3) is 0 Å². The fourth-order valence-electron chi connectivity index (χ4n) is 0.950. The molecule has 0 saturated carbocycles. The molecule has 0 rings (SSSR count). The van der Waals surface area contributed by atoms with E-state index in [0.29, 0.717) is 6.42 Å². The normalized spacial score (nSPS) is 11.6. The Balaban J connectivity index is 4.22. The van der Waals surface area contributed by atoms with Gasteiger partial charge in [0.15, 0.2) is 5.12 Å². The van der Waals surface area contributed by atoms with Gasteiger partial charge in [0.1, 0.15) is 6.04 Å². The number of carboxylic acid groups (broad SMARTS) is 1. The summed E-state index contributed by atoms with van der Waals surface area (Å²) in [4.78, 5) is 33.1. The largest absolute Gasteiger partial charge is 0.480 e. The van der Waals surface area contributed by atoms with Crippen LogP contribution < -0.4 is 5.32 Å². The zero-order valence-electron chi connectivity index (χ0n) is 9.06. The monoisotopic (exact) mass is 245 g/mol. The minimum absolute atomic E-state index is 0.181. The number of carbonyl (C=O) groups is 3. The molecule has 0 spiro atoms. The highest BCUT2D eigenvalue weighted by Crippen LogP contribution is 2.04. The molecule has 0 aromatic rings. The van der Waals surface area contributed by atoms with Crippen LogP contribution in [-0.4, -0.2) is 34.4 Å². The molecular formula is C10H15NO4S. The first kappa shape index (κ1) is 14.7. The Morgan fingerprint density at radius 3 is 2.56 bits per heavy atom. The van der Waals surface area contributed by atoms with Crippen LogP contribution in [0.15, 0.2) is 12.7 Å². The molecule has 2 N–H and O–H groups in total. The molecule has 0 aliphatic heterocycles. The van der Waals surface area contributed by atoms with E-state index in [1.807, 2.05) is 0 Å². The summed E-state index contributed by atoms with van der Waals surface area (Å²) in [6.45, 7) is 3.45. The minimum Gasteiger partial charge on any atom is -0.480 e. The maximum absolute atomic E-state index is 11.2. The Bertz CT molecular complexity index is 291. The smallest absolute Gasteiger partial charge is 0.326 e. The average molecular weight is 245 g/mol. The van der Waals surface area contributed by atoms with Crippen LogP contribution in [-0.2, 0) is 14.4 Å². The van der Waals surface area contributed by atoms with Crippen molar-refractivity contribution in [1.29, 1.82) is 0 Å². The van der Waals surface area contributed by atoms with E-state index < -0.39 is 12.0 Å². The molecule has 0 unspecified atom stereocenters. The number of hydrogen-bond acceptors (Lipinski definition) is 4. The molecule has 0 aromatic carbocycles. The van der Waals surface area contributed by atoms with Gasteiger partial charge in [-0.1, -0.05) is 17.8 Å². The Morgan fingerprint density at radius 1 is 1.50 bits per heavy atom. The Kier molecular flexibility index (Phi) is 7.28. The van der Waals surface area contributed by atoms with E-state index in [-0.39, 0.29) is 23.9 Å². The van der Waals surface area contributed by atoms with Gasteiger partial charge < -0.3 is 10.4 Å². The van der Waals surface area contributed by atoms with Crippen LogP contribution in [0.2, 0.25) is 0 Å². The number of nitrogens with one attached hydrogen (secondary N) is 1. The Labute approximate surface area is 98.3 Å². The van der Waals surface area contributed by atoms with Crippen LogP contribution in [0.4, 0.5) is 0 Å². The number of carbonyl (C=O) groups excluding carboxylic acids is 2. The maximum Gasteiger partial charge on any atom is 0.326 e. The number of rotatable bonds is 7. The lowest BCUT2D eigenvalue weighted by Crippen LogP contribution is -2.41. The predicted molar refractivity (Wildman–Crippen MR) is 62.1 cm³/mol. The van der Waals surface area contributed by atoms with E-state index in [0.717, 1.165) is 11.8 Å². The highest BCUT2D eigenvalue weighted by Gasteiger charge is 2.22. The first-order valence-electron chi connectivity index (χ1n) is 4.71. The van der Waals surface area contributed by atoms with Crippen molar-refractivity contribution in [3.63, 3.8) is 0 Å². The van der Waals surface area contributed by atoms with E-state index >= 15 is 0 Å². The van der Waals surface area contributed by atoms with Crippen LogP contribution in [0.5, 0.6) is 0 Å². The van der Waals surface area contributed by atoms with E-state index in [2.05, 4.69) is 11.9 Å². The van der Waals surface area contributed by atoms with Crippen LogP contribution in [0.25, 0.3) is 0 Å². The van der Waals surface area contributed by atoms with Crippen molar-refractivity contribution in [3.05, 3.63) is 12.7 Å². The molecule has 6 heteroatoms. The summed E-state index contributed by atoms with van der Waals surface area (Å²) in [6, 6.07) is -1.14. The van der Waals surface area contributed by atoms with Gasteiger partial charge in [0, 0.05) is 12.8 Å². The third-order valence-electron chi connectivity index (χ3n) is 1.81. The van der Waals surface area contributed by atoms with Crippen molar-refractivity contribution < 1.29 is 19.5 Å². The van der Waals surface area contributed by atoms with Crippen LogP contribution in [0.3, 0.4) is 0 Å². The van der Waals surface area contributed by atoms with Crippen molar-refractivity contribution in [1.82, 2.24) is 5.32 Å². The van der Waals surface area contributed by atoms with Gasteiger partial charge in [-0.25, -0.2) is 4.79 Å². The zero-order valence-corrected chi connectivity index (χ0v) is 9.88. The molecule has 1 atom stereocenters. The lowest BCUT2D eigenvalue weighted by atomic mass is 10.2. The van der Waals surface area contributed by atoms with Gasteiger partial charge in [0.2, 0.25) is 5.91 Å². The van der Waals surface area contributed by atoms with Gasteiger partial charge >= 0.3 is 5.97 Å². The maximum atomic E-state index is 11.2. The molecule has 0 heterocycles. The molecule has 0 aromatic heterocycles. The first-order chi connectivity index (χ1) is 7.51. The van der Waals surface area contributed by atoms with Gasteiger partial charge in [-0.15, -0.1) is 6.58 Å². The molecule has 0 fully saturated rings. The highest BCUT2D eigenvalue weighted by atomic mass is 32.2. The van der Waals surface area contributed by atoms with Gasteiger partial charge in [0.05, 0.1) is 0 Å². The number of allylic oxidation sites excluding steroid dienone is 1. The standard InChI is InChI=1S/C10H15NO4S/c1-3-4-5-8(12)11-7(10(14)15)6-9(13)16-2/h3,7H,1,4-6H2,2H3,(H,11,12)(H,14,15)/t7-/m0/s1. The summed E-state index contributed by atoms with van der Waals surface area (Å²) >= 11 is 0.946. The number of aliphatic carboxylic acids is 1. The fraction of sp³-hybridized carbons (Fsp3) is 0.500. The lowest BCUT2D eigenvalue weighted by molar-refractivity contribution is -0.142. The summed E-state index contributed by atoms with van der Waals surface area (Å²) in [6.07, 6.45) is 3.61. The van der Waals surface area contributed by atoms with Gasteiger partial charge in [-0.05, 0) is 12.7 Å². The SMILES string of the molecule is C=CCCC(=O)N[C@@H](CC(=O)SC)C(=O)O. The number of carboxylic acids is 1. The summed E-state index contributed by atoms with van der Waals surface area (Å²) in [5.74, 6) is -1.59. The van der Waals surface area contributed by atoms with E-state index in [1.165, 1.54) is 0 Å². The van der Waals surface area contributed by atoms with E-state index in [9.17, 15) is 14.4 Å². The van der Waals surface area contributed by atoms with E-state index in [4.69, 9.17) is 5.11 Å². The summed E-state index contributed by atoms with van der Waals surface area (Å²) in [5.41, 5.74) is 0. The summed E-state index contributed by atoms with van der Waals surface area (Å²) in [7, 11) is 0. The predicted octanol–water partition coefficient (Wildman–Crippen LogP) is 0.802. The van der Waals surface area contributed by atoms with Crippen molar-refractivity contribution in [2.75, 3.05) is 6.26 Å². The molecular weight excluding hydrogens is 230 g/mol. The molecule has 0 radical (unpaired) electrons. The minimum atomic E-state index is -1.20. The van der Waals surface area contributed by atoms with Gasteiger partial charge in [-0.3, -0.25) is 9.59 Å². The molecule has 0 aliphatic rings. The molecule has 16 heavy (non-hydrogen) atoms. The molecule has 0 bridgehead atoms. The third kappa shape index (κ3) is 6.23. The number of hydrogen-bond donors (Lipinski definition) is 2. The quantitative estimate of drug-likeness (QED) is 0.648. The van der Waals surface area contributed by atoms with Crippen LogP contribution in [0, 0.1) is 0 Å². The highest BCUT2D eigenvalue weighted by molar-refractivity contribution is 8.13. The zero-order chi connectivity index (χ0) is 12.6. The topological polar surface area (TPSA) is 83.5 Å². The first-order valence-corrected chi connectivity index (χ1v) is 5.93. The van der Waals surface area contributed by atoms with Crippen molar-refractivity contribution >= 4 is 28.8 Å². The Morgan fingerprint density at radius 2 is 2.12 bits per heavy atom. The lowest BCUT2D eigenvalue weighted by Gasteiger charge is -2.12. The van der Waals surface area contributed by atoms with Crippen LogP contribution >= 0.6 is 11.8 Å². The molecule has 90 valence electrons. The van der Waals surface area contributed by atoms with Crippen LogP contribution in [0.1, 0.15) is 19.3 Å². The second kappa shape index (κ2) is 7.92. The van der Waals surface area contributed by atoms with Crippen molar-refractivity contribution in [2.24, 2.45) is 0 Å². The summed E-state index contributed by atoms with van der Waals surface area (Å²) < 4.78 is 0. The second-order valence-electron chi connectivity index (χ2n) is 3.07. The third-order valence-corrected chi connectivity index (χ3v) is 2.43. The molecule has 0 saturated heterocycles.